The summed E-state index contributed by atoms with van der Waals surface area (Å²) in [5.74, 6) is 0.660. The number of phenolic OH excluding ortho intramolecular Hbond substituents is 1. The van der Waals surface area contributed by atoms with Crippen LogP contribution >= 0.6 is 22.6 Å². The van der Waals surface area contributed by atoms with E-state index in [2.05, 4.69) is 40.0 Å². The number of phenols is 1. The van der Waals surface area contributed by atoms with Gasteiger partial charge in [-0.15, -0.1) is 0 Å². The molecule has 0 fully saturated rings. The fourth-order valence-electron chi connectivity index (χ4n) is 1.60. The quantitative estimate of drug-likeness (QED) is 0.824. The highest BCUT2D eigenvalue weighted by atomic mass is 127. The van der Waals surface area contributed by atoms with Crippen LogP contribution in [0, 0.1) is 3.57 Å². The van der Waals surface area contributed by atoms with Crippen LogP contribution < -0.4 is 10.1 Å². The molecule has 4 heteroatoms. The van der Waals surface area contributed by atoms with Gasteiger partial charge in [0.15, 0.2) is 11.5 Å². The smallest absolute Gasteiger partial charge is 0.160 e. The lowest BCUT2D eigenvalue weighted by atomic mass is 10.2. The van der Waals surface area contributed by atoms with Crippen molar-refractivity contribution in [3.05, 3.63) is 51.6 Å². The molecule has 2 rings (SSSR count). The van der Waals surface area contributed by atoms with Gasteiger partial charge in [0.2, 0.25) is 0 Å². The molecule has 0 aromatic heterocycles. The minimum Gasteiger partial charge on any atom is -0.504 e. The van der Waals surface area contributed by atoms with Crippen molar-refractivity contribution in [2.75, 3.05) is 12.4 Å². The normalized spacial score (nSPS) is 10.1. The number of aromatic hydroxyl groups is 1. The lowest BCUT2D eigenvalue weighted by Crippen LogP contribution is -1.99. The summed E-state index contributed by atoms with van der Waals surface area (Å²) in [6, 6.07) is 13.5. The molecule has 0 aliphatic rings. The van der Waals surface area contributed by atoms with Gasteiger partial charge >= 0.3 is 0 Å². The summed E-state index contributed by atoms with van der Waals surface area (Å²) < 4.78 is 6.29. The van der Waals surface area contributed by atoms with E-state index in [0.717, 1.165) is 11.3 Å². The molecule has 0 heterocycles. The van der Waals surface area contributed by atoms with Crippen molar-refractivity contribution in [1.29, 1.82) is 0 Å². The van der Waals surface area contributed by atoms with E-state index in [0.29, 0.717) is 12.3 Å². The van der Waals surface area contributed by atoms with E-state index in [1.165, 1.54) is 3.57 Å². The average molecular weight is 355 g/mol. The van der Waals surface area contributed by atoms with Gasteiger partial charge in [-0.1, -0.05) is 6.07 Å². The van der Waals surface area contributed by atoms with Crippen LogP contribution in [-0.4, -0.2) is 12.2 Å². The zero-order chi connectivity index (χ0) is 13.0. The molecule has 18 heavy (non-hydrogen) atoms. The van der Waals surface area contributed by atoms with Crippen LogP contribution in [0.25, 0.3) is 0 Å². The van der Waals surface area contributed by atoms with Gasteiger partial charge < -0.3 is 15.2 Å². The van der Waals surface area contributed by atoms with E-state index in [-0.39, 0.29) is 5.75 Å². The van der Waals surface area contributed by atoms with Crippen molar-refractivity contribution in [1.82, 2.24) is 0 Å². The van der Waals surface area contributed by atoms with Gasteiger partial charge in [-0.3, -0.25) is 0 Å². The van der Waals surface area contributed by atoms with Crippen molar-refractivity contribution in [3.8, 4) is 11.5 Å². The molecule has 94 valence electrons. The number of methoxy groups -OCH3 is 1. The number of hydrogen-bond donors (Lipinski definition) is 2. The maximum atomic E-state index is 9.50. The monoisotopic (exact) mass is 355 g/mol. The maximum absolute atomic E-state index is 9.50. The minimum atomic E-state index is 0.163. The molecule has 2 N–H and O–H groups in total. The second-order valence-electron chi connectivity index (χ2n) is 3.87. The molecule has 0 aliphatic heterocycles. The average Bonchev–Trinajstić information content (AvgIpc) is 2.39. The van der Waals surface area contributed by atoms with E-state index in [1.807, 2.05) is 24.3 Å². The van der Waals surface area contributed by atoms with E-state index >= 15 is 0 Å². The third-order valence-corrected chi connectivity index (χ3v) is 3.30. The number of ether oxygens (including phenoxy) is 1. The molecule has 0 bridgehead atoms. The molecular formula is C14H14INO2. The van der Waals surface area contributed by atoms with Crippen LogP contribution in [0.3, 0.4) is 0 Å². The Morgan fingerprint density at radius 1 is 1.17 bits per heavy atom. The zero-order valence-corrected chi connectivity index (χ0v) is 12.1. The fourth-order valence-corrected chi connectivity index (χ4v) is 1.96. The van der Waals surface area contributed by atoms with E-state index in [9.17, 15) is 5.11 Å². The summed E-state index contributed by atoms with van der Waals surface area (Å²) >= 11 is 2.28. The first-order valence-corrected chi connectivity index (χ1v) is 6.62. The second kappa shape index (κ2) is 5.95. The Hall–Kier alpha value is -1.43. The third kappa shape index (κ3) is 3.29. The Kier molecular flexibility index (Phi) is 4.30. The number of halogens is 1. The SMILES string of the molecule is COc1cc(CNc2ccc(I)cc2)ccc1O. The first-order valence-electron chi connectivity index (χ1n) is 5.54. The number of hydrogen-bond acceptors (Lipinski definition) is 3. The Bertz CT molecular complexity index is 526. The van der Waals surface area contributed by atoms with Gasteiger partial charge in [0.25, 0.3) is 0 Å². The van der Waals surface area contributed by atoms with Crippen molar-refractivity contribution >= 4 is 28.3 Å². The van der Waals surface area contributed by atoms with Gasteiger partial charge in [-0.25, -0.2) is 0 Å². The summed E-state index contributed by atoms with van der Waals surface area (Å²) in [5.41, 5.74) is 2.13. The fraction of sp³-hybridized carbons (Fsp3) is 0.143. The second-order valence-corrected chi connectivity index (χ2v) is 5.11. The number of rotatable bonds is 4. The van der Waals surface area contributed by atoms with Gasteiger partial charge in [0, 0.05) is 15.8 Å². The molecule has 0 saturated heterocycles. The predicted molar refractivity (Wildman–Crippen MR) is 81.1 cm³/mol. The Labute approximate surface area is 120 Å². The highest BCUT2D eigenvalue weighted by Gasteiger charge is 2.02. The van der Waals surface area contributed by atoms with Crippen LogP contribution in [0.5, 0.6) is 11.5 Å². The minimum absolute atomic E-state index is 0.163. The molecule has 0 atom stereocenters. The topological polar surface area (TPSA) is 41.5 Å². The standard InChI is InChI=1S/C14H14INO2/c1-18-14-8-10(2-7-13(14)17)9-16-12-5-3-11(15)4-6-12/h2-8,16-17H,9H2,1H3. The van der Waals surface area contributed by atoms with Crippen molar-refractivity contribution in [2.45, 2.75) is 6.54 Å². The first-order chi connectivity index (χ1) is 8.69. The molecule has 0 unspecified atom stereocenters. The number of nitrogens with one attached hydrogen (secondary N) is 1. The third-order valence-electron chi connectivity index (χ3n) is 2.58. The van der Waals surface area contributed by atoms with Crippen molar-refractivity contribution < 1.29 is 9.84 Å². The Morgan fingerprint density at radius 2 is 1.89 bits per heavy atom. The highest BCUT2D eigenvalue weighted by Crippen LogP contribution is 2.26. The van der Waals surface area contributed by atoms with Gasteiger partial charge in [0.05, 0.1) is 7.11 Å². The summed E-state index contributed by atoms with van der Waals surface area (Å²) in [4.78, 5) is 0. The zero-order valence-electron chi connectivity index (χ0n) is 9.98. The summed E-state index contributed by atoms with van der Waals surface area (Å²) in [7, 11) is 1.55. The Balaban J connectivity index is 2.04. The van der Waals surface area contributed by atoms with E-state index < -0.39 is 0 Å². The number of anilines is 1. The molecule has 0 amide bonds. The molecule has 2 aromatic carbocycles. The molecule has 0 spiro atoms. The lowest BCUT2D eigenvalue weighted by molar-refractivity contribution is 0.373. The molecule has 0 radical (unpaired) electrons. The van der Waals surface area contributed by atoms with Crippen molar-refractivity contribution in [3.63, 3.8) is 0 Å². The molecule has 3 nitrogen and oxygen atoms in total. The van der Waals surface area contributed by atoms with Gasteiger partial charge in [-0.05, 0) is 64.6 Å². The summed E-state index contributed by atoms with van der Waals surface area (Å²) in [6.07, 6.45) is 0. The largest absolute Gasteiger partial charge is 0.504 e. The maximum Gasteiger partial charge on any atom is 0.160 e. The lowest BCUT2D eigenvalue weighted by Gasteiger charge is -2.09. The summed E-state index contributed by atoms with van der Waals surface area (Å²) in [5, 5.41) is 12.8. The van der Waals surface area contributed by atoms with Crippen LogP contribution in [0.4, 0.5) is 5.69 Å². The van der Waals surface area contributed by atoms with Crippen molar-refractivity contribution in [2.24, 2.45) is 0 Å². The van der Waals surface area contributed by atoms with Crippen LogP contribution in [0.15, 0.2) is 42.5 Å². The van der Waals surface area contributed by atoms with E-state index in [1.54, 1.807) is 13.2 Å². The molecule has 0 aliphatic carbocycles. The predicted octanol–water partition coefficient (Wildman–Crippen LogP) is 3.62. The van der Waals surface area contributed by atoms with Crippen LogP contribution in [0.2, 0.25) is 0 Å². The molecular weight excluding hydrogens is 341 g/mol. The molecule has 0 saturated carbocycles. The highest BCUT2D eigenvalue weighted by molar-refractivity contribution is 14.1. The molecule has 2 aromatic rings. The summed E-state index contributed by atoms with van der Waals surface area (Å²) in [6.45, 7) is 0.692. The van der Waals surface area contributed by atoms with E-state index in [4.69, 9.17) is 4.74 Å². The first kappa shape index (κ1) is 13.0. The number of benzene rings is 2. The van der Waals surface area contributed by atoms with Crippen LogP contribution in [0.1, 0.15) is 5.56 Å². The van der Waals surface area contributed by atoms with Gasteiger partial charge in [-0.2, -0.15) is 0 Å². The van der Waals surface area contributed by atoms with Crippen LogP contribution in [-0.2, 0) is 6.54 Å². The Morgan fingerprint density at radius 3 is 2.56 bits per heavy atom. The van der Waals surface area contributed by atoms with Gasteiger partial charge in [0.1, 0.15) is 0 Å².